The summed E-state index contributed by atoms with van der Waals surface area (Å²) < 4.78 is 0. The topological polar surface area (TPSA) is 46.2 Å². The van der Waals surface area contributed by atoms with Crippen molar-refractivity contribution in [1.82, 2.24) is 0 Å². The summed E-state index contributed by atoms with van der Waals surface area (Å²) in [7, 11) is 0. The molecule has 0 bridgehead atoms. The molecule has 0 unspecified atom stereocenters. The predicted octanol–water partition coefficient (Wildman–Crippen LogP) is -0.142. The Morgan fingerprint density at radius 3 is 2.29 bits per heavy atom. The zero-order valence-corrected chi connectivity index (χ0v) is 4.52. The molecule has 1 rings (SSSR count). The van der Waals surface area contributed by atoms with Gasteiger partial charge in [-0.1, -0.05) is 0 Å². The zero-order chi connectivity index (χ0) is 5.49. The summed E-state index contributed by atoms with van der Waals surface area (Å²) in [5.74, 6) is 0. The second-order valence-electron chi connectivity index (χ2n) is 2.50. The van der Waals surface area contributed by atoms with Crippen LogP contribution in [-0.2, 0) is 0 Å². The fourth-order valence-corrected chi connectivity index (χ4v) is 0.729. The average molecular weight is 101 g/mol. The molecule has 1 fully saturated rings. The molecule has 1 aliphatic rings. The summed E-state index contributed by atoms with van der Waals surface area (Å²) in [6.07, 6.45) is 1.85. The maximum Gasteiger partial charge on any atom is 0.0770 e. The van der Waals surface area contributed by atoms with E-state index in [2.05, 4.69) is 0 Å². The van der Waals surface area contributed by atoms with Crippen LogP contribution in [0.1, 0.15) is 19.8 Å². The third-order valence-electron chi connectivity index (χ3n) is 1.76. The van der Waals surface area contributed by atoms with Gasteiger partial charge >= 0.3 is 0 Å². The molecule has 0 saturated heterocycles. The Labute approximate surface area is 43.3 Å². The molecular weight excluding hydrogens is 90.1 g/mol. The Kier molecular flexibility index (Phi) is 0.869. The van der Waals surface area contributed by atoms with Crippen molar-refractivity contribution in [3.63, 3.8) is 0 Å². The normalized spacial score (nSPS) is 51.0. The van der Waals surface area contributed by atoms with Crippen LogP contribution in [-0.4, -0.2) is 16.7 Å². The SMILES string of the molecule is C[C@]1(O)CC[C@H]1N. The summed E-state index contributed by atoms with van der Waals surface area (Å²) in [5, 5.41) is 9.06. The minimum Gasteiger partial charge on any atom is -0.389 e. The molecule has 0 aromatic heterocycles. The zero-order valence-electron chi connectivity index (χ0n) is 4.52. The lowest BCUT2D eigenvalue weighted by Gasteiger charge is -2.39. The van der Waals surface area contributed by atoms with Crippen LogP contribution >= 0.6 is 0 Å². The van der Waals surface area contributed by atoms with E-state index in [-0.39, 0.29) is 6.04 Å². The second-order valence-corrected chi connectivity index (χ2v) is 2.50. The smallest absolute Gasteiger partial charge is 0.0770 e. The maximum atomic E-state index is 9.06. The Hall–Kier alpha value is -0.0800. The van der Waals surface area contributed by atoms with Crippen molar-refractivity contribution in [3.8, 4) is 0 Å². The maximum absolute atomic E-state index is 9.06. The summed E-state index contributed by atoms with van der Waals surface area (Å²) in [5.41, 5.74) is 4.86. The number of hydrogen-bond donors (Lipinski definition) is 2. The first-order valence-electron chi connectivity index (χ1n) is 2.61. The number of nitrogens with two attached hydrogens (primary N) is 1. The van der Waals surface area contributed by atoms with Crippen LogP contribution in [0.25, 0.3) is 0 Å². The standard InChI is InChI=1S/C5H11NO/c1-5(7)3-2-4(5)6/h4,7H,2-3,6H2,1H3/t4-,5+/m1/s1. The number of hydrogen-bond acceptors (Lipinski definition) is 2. The van der Waals surface area contributed by atoms with Gasteiger partial charge in [-0.05, 0) is 19.8 Å². The van der Waals surface area contributed by atoms with E-state index in [1.165, 1.54) is 0 Å². The molecule has 0 radical (unpaired) electrons. The van der Waals surface area contributed by atoms with E-state index in [1.807, 2.05) is 0 Å². The average Bonchev–Trinajstić information content (AvgIpc) is 1.63. The van der Waals surface area contributed by atoms with Gasteiger partial charge in [-0.2, -0.15) is 0 Å². The highest BCUT2D eigenvalue weighted by Gasteiger charge is 2.37. The molecule has 0 spiro atoms. The van der Waals surface area contributed by atoms with E-state index in [4.69, 9.17) is 10.8 Å². The van der Waals surface area contributed by atoms with Crippen LogP contribution < -0.4 is 5.73 Å². The first-order valence-corrected chi connectivity index (χ1v) is 2.61. The van der Waals surface area contributed by atoms with Crippen molar-refractivity contribution in [2.75, 3.05) is 0 Å². The van der Waals surface area contributed by atoms with E-state index in [1.54, 1.807) is 6.92 Å². The summed E-state index contributed by atoms with van der Waals surface area (Å²) in [4.78, 5) is 0. The monoisotopic (exact) mass is 101 g/mol. The second kappa shape index (κ2) is 1.20. The van der Waals surface area contributed by atoms with Crippen LogP contribution in [0.15, 0.2) is 0 Å². The van der Waals surface area contributed by atoms with Crippen LogP contribution in [0.4, 0.5) is 0 Å². The molecule has 1 saturated carbocycles. The van der Waals surface area contributed by atoms with Gasteiger partial charge in [0.1, 0.15) is 0 Å². The summed E-state index contributed by atoms with van der Waals surface area (Å²) in [6.45, 7) is 1.78. The minimum atomic E-state index is -0.542. The Morgan fingerprint density at radius 2 is 2.29 bits per heavy atom. The molecule has 0 aromatic rings. The molecule has 0 amide bonds. The third-order valence-corrected chi connectivity index (χ3v) is 1.76. The fraction of sp³-hybridized carbons (Fsp3) is 1.00. The van der Waals surface area contributed by atoms with Crippen molar-refractivity contribution in [2.45, 2.75) is 31.4 Å². The van der Waals surface area contributed by atoms with Crippen molar-refractivity contribution in [1.29, 1.82) is 0 Å². The molecule has 2 heteroatoms. The lowest BCUT2D eigenvalue weighted by Crippen LogP contribution is -2.54. The Bertz CT molecular complexity index is 80.1. The molecule has 2 nitrogen and oxygen atoms in total. The summed E-state index contributed by atoms with van der Waals surface area (Å²) in [6, 6.07) is 0.0347. The Balaban J connectivity index is 2.43. The molecule has 7 heavy (non-hydrogen) atoms. The van der Waals surface area contributed by atoms with Gasteiger partial charge in [-0.25, -0.2) is 0 Å². The van der Waals surface area contributed by atoms with Crippen LogP contribution in [0.5, 0.6) is 0 Å². The third kappa shape index (κ3) is 0.640. The van der Waals surface area contributed by atoms with Crippen LogP contribution in [0, 0.1) is 0 Å². The summed E-state index contributed by atoms with van der Waals surface area (Å²) >= 11 is 0. The molecule has 1 aliphatic carbocycles. The van der Waals surface area contributed by atoms with Crippen LogP contribution in [0.3, 0.4) is 0 Å². The number of rotatable bonds is 0. The Morgan fingerprint density at radius 1 is 1.86 bits per heavy atom. The van der Waals surface area contributed by atoms with E-state index in [9.17, 15) is 0 Å². The highest BCUT2D eigenvalue weighted by molar-refractivity contribution is 4.95. The van der Waals surface area contributed by atoms with Gasteiger partial charge in [0, 0.05) is 6.04 Å². The van der Waals surface area contributed by atoms with E-state index in [0.717, 1.165) is 12.8 Å². The van der Waals surface area contributed by atoms with Crippen molar-refractivity contribution in [3.05, 3.63) is 0 Å². The lowest BCUT2D eigenvalue weighted by atomic mass is 9.77. The van der Waals surface area contributed by atoms with Gasteiger partial charge in [0.25, 0.3) is 0 Å². The first kappa shape index (κ1) is 5.06. The molecular formula is C5H11NO. The van der Waals surface area contributed by atoms with Gasteiger partial charge in [0.05, 0.1) is 5.60 Å². The molecule has 3 N–H and O–H groups in total. The quantitative estimate of drug-likeness (QED) is 0.446. The molecule has 42 valence electrons. The lowest BCUT2D eigenvalue weighted by molar-refractivity contribution is -0.0367. The van der Waals surface area contributed by atoms with Gasteiger partial charge in [-0.3, -0.25) is 0 Å². The minimum absolute atomic E-state index is 0.0347. The number of aliphatic hydroxyl groups is 1. The van der Waals surface area contributed by atoms with Crippen LogP contribution in [0.2, 0.25) is 0 Å². The molecule has 0 aromatic carbocycles. The largest absolute Gasteiger partial charge is 0.389 e. The highest BCUT2D eigenvalue weighted by atomic mass is 16.3. The van der Waals surface area contributed by atoms with E-state index >= 15 is 0 Å². The van der Waals surface area contributed by atoms with Gasteiger partial charge in [0.15, 0.2) is 0 Å². The predicted molar refractivity (Wildman–Crippen MR) is 27.8 cm³/mol. The van der Waals surface area contributed by atoms with Gasteiger partial charge in [-0.15, -0.1) is 0 Å². The van der Waals surface area contributed by atoms with Crippen molar-refractivity contribution >= 4 is 0 Å². The van der Waals surface area contributed by atoms with Crippen molar-refractivity contribution < 1.29 is 5.11 Å². The van der Waals surface area contributed by atoms with Gasteiger partial charge in [0.2, 0.25) is 0 Å². The fourth-order valence-electron chi connectivity index (χ4n) is 0.729. The molecule has 0 heterocycles. The first-order chi connectivity index (χ1) is 3.13. The van der Waals surface area contributed by atoms with E-state index < -0.39 is 5.60 Å². The van der Waals surface area contributed by atoms with Gasteiger partial charge < -0.3 is 10.8 Å². The van der Waals surface area contributed by atoms with E-state index in [0.29, 0.717) is 0 Å². The highest BCUT2D eigenvalue weighted by Crippen LogP contribution is 2.29. The molecule has 0 aliphatic heterocycles. The van der Waals surface area contributed by atoms with Crippen molar-refractivity contribution in [2.24, 2.45) is 5.73 Å². The molecule has 2 atom stereocenters.